The standard InChI is InChI=1S/C25H28N2O4/c1-29-23-12-6-11-21(24(23)30-2)25(28)26-17-22(27-13-15-31-16-14-27)20-10-5-8-18-7-3-4-9-19(18)20/h3-12,22H,13-17H2,1-2H3,(H,26,28). The molecule has 0 bridgehead atoms. The van der Waals surface area contributed by atoms with E-state index in [-0.39, 0.29) is 11.9 Å². The molecule has 1 unspecified atom stereocenters. The van der Waals surface area contributed by atoms with Crippen molar-refractivity contribution in [2.24, 2.45) is 0 Å². The number of benzene rings is 3. The van der Waals surface area contributed by atoms with Crippen molar-refractivity contribution >= 4 is 16.7 Å². The van der Waals surface area contributed by atoms with Gasteiger partial charge in [0.2, 0.25) is 0 Å². The molecule has 1 aliphatic rings. The fourth-order valence-electron chi connectivity index (χ4n) is 4.22. The second-order valence-corrected chi connectivity index (χ2v) is 7.48. The van der Waals surface area contributed by atoms with Crippen LogP contribution in [0.25, 0.3) is 10.8 Å². The molecule has 1 atom stereocenters. The van der Waals surface area contributed by atoms with E-state index in [0.717, 1.165) is 13.1 Å². The minimum atomic E-state index is -0.186. The highest BCUT2D eigenvalue weighted by Crippen LogP contribution is 2.32. The Balaban J connectivity index is 1.62. The number of para-hydroxylation sites is 1. The van der Waals surface area contributed by atoms with Gasteiger partial charge in [-0.1, -0.05) is 48.5 Å². The van der Waals surface area contributed by atoms with E-state index >= 15 is 0 Å². The molecule has 3 aromatic rings. The second kappa shape index (κ2) is 9.81. The lowest BCUT2D eigenvalue weighted by molar-refractivity contribution is 0.0165. The summed E-state index contributed by atoms with van der Waals surface area (Å²) in [6, 6.07) is 20.1. The van der Waals surface area contributed by atoms with Crippen LogP contribution < -0.4 is 14.8 Å². The Morgan fingerprint density at radius 1 is 1.00 bits per heavy atom. The van der Waals surface area contributed by atoms with Crippen LogP contribution in [0.5, 0.6) is 11.5 Å². The molecule has 0 aliphatic carbocycles. The molecular weight excluding hydrogens is 392 g/mol. The number of morpholine rings is 1. The van der Waals surface area contributed by atoms with Crippen molar-refractivity contribution in [1.29, 1.82) is 0 Å². The predicted octanol–water partition coefficient (Wildman–Crippen LogP) is 3.66. The molecular formula is C25H28N2O4. The number of amides is 1. The van der Waals surface area contributed by atoms with E-state index in [1.165, 1.54) is 16.3 Å². The molecule has 0 spiro atoms. The summed E-state index contributed by atoms with van der Waals surface area (Å²) < 4.78 is 16.3. The van der Waals surface area contributed by atoms with Crippen molar-refractivity contribution < 1.29 is 19.0 Å². The summed E-state index contributed by atoms with van der Waals surface area (Å²) in [4.78, 5) is 15.5. The Kier molecular flexibility index (Phi) is 6.70. The first-order chi connectivity index (χ1) is 15.2. The van der Waals surface area contributed by atoms with Crippen LogP contribution in [0, 0.1) is 0 Å². The lowest BCUT2D eigenvalue weighted by Gasteiger charge is -2.35. The average Bonchev–Trinajstić information content (AvgIpc) is 2.84. The van der Waals surface area contributed by atoms with Gasteiger partial charge in [-0.2, -0.15) is 0 Å². The van der Waals surface area contributed by atoms with Gasteiger partial charge in [0.1, 0.15) is 0 Å². The number of rotatable bonds is 7. The summed E-state index contributed by atoms with van der Waals surface area (Å²) in [5.41, 5.74) is 1.67. The van der Waals surface area contributed by atoms with Crippen molar-refractivity contribution in [3.8, 4) is 11.5 Å². The first-order valence-corrected chi connectivity index (χ1v) is 10.5. The van der Waals surface area contributed by atoms with Crippen LogP contribution >= 0.6 is 0 Å². The molecule has 6 nitrogen and oxygen atoms in total. The number of fused-ring (bicyclic) bond motifs is 1. The number of carbonyl (C=O) groups excluding carboxylic acids is 1. The maximum atomic E-state index is 13.1. The van der Waals surface area contributed by atoms with Crippen LogP contribution in [0.1, 0.15) is 22.0 Å². The highest BCUT2D eigenvalue weighted by Gasteiger charge is 2.25. The van der Waals surface area contributed by atoms with Gasteiger partial charge in [-0.05, 0) is 28.5 Å². The zero-order valence-electron chi connectivity index (χ0n) is 18.0. The maximum absolute atomic E-state index is 13.1. The summed E-state index contributed by atoms with van der Waals surface area (Å²) in [6.45, 7) is 3.52. The molecule has 162 valence electrons. The monoisotopic (exact) mass is 420 g/mol. The van der Waals surface area contributed by atoms with Gasteiger partial charge in [0.25, 0.3) is 5.91 Å². The Labute approximate surface area is 182 Å². The maximum Gasteiger partial charge on any atom is 0.255 e. The third-order valence-corrected chi connectivity index (χ3v) is 5.77. The zero-order chi connectivity index (χ0) is 21.6. The molecule has 1 fully saturated rings. The summed E-state index contributed by atoms with van der Waals surface area (Å²) in [5, 5.41) is 5.53. The first kappa shape index (κ1) is 21.2. The summed E-state index contributed by atoms with van der Waals surface area (Å²) in [7, 11) is 3.11. The molecule has 3 aromatic carbocycles. The van der Waals surface area contributed by atoms with Crippen LogP contribution in [0.2, 0.25) is 0 Å². The molecule has 0 saturated carbocycles. The van der Waals surface area contributed by atoms with Crippen molar-refractivity contribution in [2.45, 2.75) is 6.04 Å². The van der Waals surface area contributed by atoms with E-state index in [2.05, 4.69) is 46.6 Å². The van der Waals surface area contributed by atoms with Gasteiger partial charge in [0.15, 0.2) is 11.5 Å². The SMILES string of the molecule is COc1cccc(C(=O)NCC(c2cccc3ccccc23)N2CCOCC2)c1OC. The number of ether oxygens (including phenoxy) is 3. The molecule has 1 N–H and O–H groups in total. The van der Waals surface area contributed by atoms with E-state index in [4.69, 9.17) is 14.2 Å². The fraction of sp³-hybridized carbons (Fsp3) is 0.320. The van der Waals surface area contributed by atoms with Crippen molar-refractivity contribution in [3.63, 3.8) is 0 Å². The highest BCUT2D eigenvalue weighted by molar-refractivity contribution is 5.98. The number of nitrogens with one attached hydrogen (secondary N) is 1. The van der Waals surface area contributed by atoms with Crippen LogP contribution in [-0.2, 0) is 4.74 Å². The molecule has 0 aromatic heterocycles. The molecule has 1 amide bonds. The highest BCUT2D eigenvalue weighted by atomic mass is 16.5. The van der Waals surface area contributed by atoms with Crippen molar-refractivity contribution in [3.05, 3.63) is 71.8 Å². The lowest BCUT2D eigenvalue weighted by Crippen LogP contribution is -2.44. The van der Waals surface area contributed by atoms with Crippen LogP contribution in [-0.4, -0.2) is 57.9 Å². The molecule has 1 saturated heterocycles. The van der Waals surface area contributed by atoms with E-state index < -0.39 is 0 Å². The Morgan fingerprint density at radius 3 is 2.52 bits per heavy atom. The Hall–Kier alpha value is -3.09. The smallest absolute Gasteiger partial charge is 0.255 e. The Morgan fingerprint density at radius 2 is 1.74 bits per heavy atom. The quantitative estimate of drug-likeness (QED) is 0.632. The molecule has 4 rings (SSSR count). The topological polar surface area (TPSA) is 60.0 Å². The molecule has 31 heavy (non-hydrogen) atoms. The normalized spacial score (nSPS) is 15.4. The van der Waals surface area contributed by atoms with Crippen LogP contribution in [0.15, 0.2) is 60.7 Å². The van der Waals surface area contributed by atoms with Gasteiger partial charge in [-0.3, -0.25) is 9.69 Å². The number of methoxy groups -OCH3 is 2. The molecule has 1 heterocycles. The van der Waals surface area contributed by atoms with Crippen molar-refractivity contribution in [1.82, 2.24) is 10.2 Å². The second-order valence-electron chi connectivity index (χ2n) is 7.48. The lowest BCUT2D eigenvalue weighted by atomic mass is 9.97. The number of hydrogen-bond donors (Lipinski definition) is 1. The van der Waals surface area contributed by atoms with E-state index in [1.54, 1.807) is 32.4 Å². The summed E-state index contributed by atoms with van der Waals surface area (Å²) >= 11 is 0. The average molecular weight is 421 g/mol. The van der Waals surface area contributed by atoms with Gasteiger partial charge in [0, 0.05) is 19.6 Å². The molecule has 0 radical (unpaired) electrons. The fourth-order valence-corrected chi connectivity index (χ4v) is 4.22. The van der Waals surface area contributed by atoms with Crippen LogP contribution in [0.3, 0.4) is 0 Å². The largest absolute Gasteiger partial charge is 0.493 e. The minimum Gasteiger partial charge on any atom is -0.493 e. The van der Waals surface area contributed by atoms with E-state index in [9.17, 15) is 4.79 Å². The first-order valence-electron chi connectivity index (χ1n) is 10.5. The van der Waals surface area contributed by atoms with Crippen LogP contribution in [0.4, 0.5) is 0 Å². The number of hydrogen-bond acceptors (Lipinski definition) is 5. The predicted molar refractivity (Wildman–Crippen MR) is 121 cm³/mol. The molecule has 6 heteroatoms. The van der Waals surface area contributed by atoms with Gasteiger partial charge < -0.3 is 19.5 Å². The number of carbonyl (C=O) groups is 1. The summed E-state index contributed by atoms with van der Waals surface area (Å²) in [6.07, 6.45) is 0. The van der Waals surface area contributed by atoms with Gasteiger partial charge in [0.05, 0.1) is 39.0 Å². The van der Waals surface area contributed by atoms with E-state index in [0.29, 0.717) is 36.8 Å². The van der Waals surface area contributed by atoms with Gasteiger partial charge in [-0.25, -0.2) is 0 Å². The van der Waals surface area contributed by atoms with Gasteiger partial charge in [-0.15, -0.1) is 0 Å². The van der Waals surface area contributed by atoms with Gasteiger partial charge >= 0.3 is 0 Å². The molecule has 1 aliphatic heterocycles. The third kappa shape index (κ3) is 4.50. The Bertz CT molecular complexity index is 1040. The zero-order valence-corrected chi connectivity index (χ0v) is 18.0. The minimum absolute atomic E-state index is 0.0375. The summed E-state index contributed by atoms with van der Waals surface area (Å²) in [5.74, 6) is 0.791. The third-order valence-electron chi connectivity index (χ3n) is 5.77. The van der Waals surface area contributed by atoms with Crippen molar-refractivity contribution in [2.75, 3.05) is 47.1 Å². The number of nitrogens with zero attached hydrogens (tertiary/aromatic N) is 1. The van der Waals surface area contributed by atoms with E-state index in [1.807, 2.05) is 6.07 Å².